The first-order chi connectivity index (χ1) is 9.65. The van der Waals surface area contributed by atoms with Gasteiger partial charge in [-0.2, -0.15) is 0 Å². The molecule has 0 saturated carbocycles. The average molecular weight is 280 g/mol. The first-order valence-corrected chi connectivity index (χ1v) is 6.60. The molecular weight excluding hydrogens is 263 g/mol. The standard InChI is InChI=1S/C14H17FN2O3/c15-10-3-1-4-11(9-10)20-8-6-13(18)17-12-5-2-7-16-14(12)19/h1,3-4,9,12H,2,5-8H2,(H,16,19)(H,17,18)/t12-/m0/s1. The molecule has 0 bridgehead atoms. The van der Waals surface area contributed by atoms with Gasteiger partial charge in [0.2, 0.25) is 11.8 Å². The Morgan fingerprint density at radius 3 is 3.10 bits per heavy atom. The van der Waals surface area contributed by atoms with Crippen LogP contribution in [0.25, 0.3) is 0 Å². The number of ether oxygens (including phenoxy) is 1. The molecule has 1 heterocycles. The van der Waals surface area contributed by atoms with Crippen LogP contribution in [-0.4, -0.2) is 31.0 Å². The first-order valence-electron chi connectivity index (χ1n) is 6.60. The molecule has 2 N–H and O–H groups in total. The van der Waals surface area contributed by atoms with E-state index in [9.17, 15) is 14.0 Å². The molecule has 6 heteroatoms. The maximum atomic E-state index is 12.9. The normalized spacial score (nSPS) is 18.2. The SMILES string of the molecule is O=C(CCOc1cccc(F)c1)N[C@H]1CCCNC1=O. The van der Waals surface area contributed by atoms with E-state index in [1.165, 1.54) is 18.2 Å². The Balaban J connectivity index is 1.71. The summed E-state index contributed by atoms with van der Waals surface area (Å²) in [6, 6.07) is 5.28. The zero-order valence-corrected chi connectivity index (χ0v) is 11.0. The van der Waals surface area contributed by atoms with Crippen LogP contribution in [0.4, 0.5) is 4.39 Å². The molecule has 1 aromatic rings. The van der Waals surface area contributed by atoms with Crippen LogP contribution in [0.2, 0.25) is 0 Å². The number of carbonyl (C=O) groups excluding carboxylic acids is 2. The van der Waals surface area contributed by atoms with Crippen LogP contribution in [0.5, 0.6) is 5.75 Å². The van der Waals surface area contributed by atoms with Crippen LogP contribution in [0, 0.1) is 5.82 Å². The van der Waals surface area contributed by atoms with Crippen molar-refractivity contribution in [3.05, 3.63) is 30.1 Å². The summed E-state index contributed by atoms with van der Waals surface area (Å²) in [6.45, 7) is 0.803. The number of amides is 2. The summed E-state index contributed by atoms with van der Waals surface area (Å²) < 4.78 is 18.2. The van der Waals surface area contributed by atoms with Gasteiger partial charge < -0.3 is 15.4 Å². The number of nitrogens with one attached hydrogen (secondary N) is 2. The molecule has 0 radical (unpaired) electrons. The van der Waals surface area contributed by atoms with Gasteiger partial charge in [-0.3, -0.25) is 9.59 Å². The van der Waals surface area contributed by atoms with Gasteiger partial charge in [-0.15, -0.1) is 0 Å². The monoisotopic (exact) mass is 280 g/mol. The third-order valence-corrected chi connectivity index (χ3v) is 3.01. The van der Waals surface area contributed by atoms with Crippen molar-refractivity contribution in [3.8, 4) is 5.75 Å². The summed E-state index contributed by atoms with van der Waals surface area (Å²) in [4.78, 5) is 23.1. The molecule has 5 nitrogen and oxygen atoms in total. The van der Waals surface area contributed by atoms with Crippen molar-refractivity contribution in [1.82, 2.24) is 10.6 Å². The topological polar surface area (TPSA) is 67.4 Å². The smallest absolute Gasteiger partial charge is 0.242 e. The number of halogens is 1. The maximum absolute atomic E-state index is 12.9. The third kappa shape index (κ3) is 4.22. The fourth-order valence-electron chi connectivity index (χ4n) is 1.99. The van der Waals surface area contributed by atoms with Crippen LogP contribution >= 0.6 is 0 Å². The summed E-state index contributed by atoms with van der Waals surface area (Å²) in [5.41, 5.74) is 0. The second-order valence-electron chi connectivity index (χ2n) is 4.61. The van der Waals surface area contributed by atoms with Crippen LogP contribution in [-0.2, 0) is 9.59 Å². The summed E-state index contributed by atoms with van der Waals surface area (Å²) in [5.74, 6) is -0.391. The quantitative estimate of drug-likeness (QED) is 0.845. The molecule has 108 valence electrons. The van der Waals surface area contributed by atoms with Gasteiger partial charge in [0.05, 0.1) is 13.0 Å². The van der Waals surface area contributed by atoms with E-state index in [1.807, 2.05) is 0 Å². The minimum Gasteiger partial charge on any atom is -0.493 e. The van der Waals surface area contributed by atoms with Crippen molar-refractivity contribution in [2.45, 2.75) is 25.3 Å². The second-order valence-corrected chi connectivity index (χ2v) is 4.61. The highest BCUT2D eigenvalue weighted by Crippen LogP contribution is 2.12. The van der Waals surface area contributed by atoms with Crippen LogP contribution < -0.4 is 15.4 Å². The van der Waals surface area contributed by atoms with Gasteiger partial charge >= 0.3 is 0 Å². The molecule has 0 aliphatic carbocycles. The van der Waals surface area contributed by atoms with Gasteiger partial charge in [0, 0.05) is 12.6 Å². The second kappa shape index (κ2) is 6.88. The zero-order valence-electron chi connectivity index (χ0n) is 11.0. The third-order valence-electron chi connectivity index (χ3n) is 3.01. The van der Waals surface area contributed by atoms with E-state index in [1.54, 1.807) is 6.07 Å². The molecule has 1 aliphatic rings. The van der Waals surface area contributed by atoms with Gasteiger partial charge in [-0.1, -0.05) is 6.07 Å². The van der Waals surface area contributed by atoms with E-state index < -0.39 is 6.04 Å². The number of benzene rings is 1. The van der Waals surface area contributed by atoms with Crippen LogP contribution in [0.15, 0.2) is 24.3 Å². The van der Waals surface area contributed by atoms with Crippen LogP contribution in [0.3, 0.4) is 0 Å². The molecule has 1 aromatic carbocycles. The Kier molecular flexibility index (Phi) is 4.92. The molecule has 0 spiro atoms. The van der Waals surface area contributed by atoms with E-state index >= 15 is 0 Å². The molecular formula is C14H17FN2O3. The Labute approximate surface area is 116 Å². The molecule has 1 saturated heterocycles. The predicted octanol–water partition coefficient (Wildman–Crippen LogP) is 0.989. The largest absolute Gasteiger partial charge is 0.493 e. The highest BCUT2D eigenvalue weighted by Gasteiger charge is 2.23. The van der Waals surface area contributed by atoms with Gasteiger partial charge in [-0.25, -0.2) is 4.39 Å². The molecule has 1 fully saturated rings. The molecule has 2 rings (SSSR count). The Bertz CT molecular complexity index is 493. The molecule has 1 aliphatic heterocycles. The average Bonchev–Trinajstić information content (AvgIpc) is 2.41. The highest BCUT2D eigenvalue weighted by molar-refractivity contribution is 5.88. The summed E-state index contributed by atoms with van der Waals surface area (Å²) >= 11 is 0. The lowest BCUT2D eigenvalue weighted by atomic mass is 10.1. The summed E-state index contributed by atoms with van der Waals surface area (Å²) in [6.07, 6.45) is 1.64. The Morgan fingerprint density at radius 2 is 2.35 bits per heavy atom. The molecule has 0 unspecified atom stereocenters. The minimum atomic E-state index is -0.453. The Morgan fingerprint density at radius 1 is 1.50 bits per heavy atom. The molecule has 2 amide bonds. The summed E-state index contributed by atoms with van der Waals surface area (Å²) in [7, 11) is 0. The highest BCUT2D eigenvalue weighted by atomic mass is 19.1. The first kappa shape index (κ1) is 14.3. The fourth-order valence-corrected chi connectivity index (χ4v) is 1.99. The molecule has 20 heavy (non-hydrogen) atoms. The molecule has 1 atom stereocenters. The number of hydrogen-bond donors (Lipinski definition) is 2. The van der Waals surface area contributed by atoms with Crippen molar-refractivity contribution < 1.29 is 18.7 Å². The van der Waals surface area contributed by atoms with E-state index in [-0.39, 0.29) is 30.7 Å². The van der Waals surface area contributed by atoms with E-state index in [0.29, 0.717) is 18.7 Å². The van der Waals surface area contributed by atoms with E-state index in [0.717, 1.165) is 6.42 Å². The number of carbonyl (C=O) groups is 2. The van der Waals surface area contributed by atoms with Crippen LogP contribution in [0.1, 0.15) is 19.3 Å². The van der Waals surface area contributed by atoms with Gasteiger partial charge in [0.15, 0.2) is 0 Å². The minimum absolute atomic E-state index is 0.125. The number of piperidine rings is 1. The van der Waals surface area contributed by atoms with Crippen molar-refractivity contribution >= 4 is 11.8 Å². The zero-order chi connectivity index (χ0) is 14.4. The van der Waals surface area contributed by atoms with Crippen molar-refractivity contribution in [2.24, 2.45) is 0 Å². The van der Waals surface area contributed by atoms with Crippen molar-refractivity contribution in [3.63, 3.8) is 0 Å². The lowest BCUT2D eigenvalue weighted by molar-refractivity contribution is -0.130. The van der Waals surface area contributed by atoms with Crippen molar-refractivity contribution in [2.75, 3.05) is 13.2 Å². The molecule has 0 aromatic heterocycles. The van der Waals surface area contributed by atoms with E-state index in [4.69, 9.17) is 4.74 Å². The van der Waals surface area contributed by atoms with E-state index in [2.05, 4.69) is 10.6 Å². The lowest BCUT2D eigenvalue weighted by Crippen LogP contribution is -2.50. The predicted molar refractivity (Wildman–Crippen MR) is 70.7 cm³/mol. The number of rotatable bonds is 5. The maximum Gasteiger partial charge on any atom is 0.242 e. The number of hydrogen-bond acceptors (Lipinski definition) is 3. The van der Waals surface area contributed by atoms with Gasteiger partial charge in [0.25, 0.3) is 0 Å². The fraction of sp³-hybridized carbons (Fsp3) is 0.429. The lowest BCUT2D eigenvalue weighted by Gasteiger charge is -2.22. The van der Waals surface area contributed by atoms with Gasteiger partial charge in [0.1, 0.15) is 17.6 Å². The van der Waals surface area contributed by atoms with Gasteiger partial charge in [-0.05, 0) is 25.0 Å². The van der Waals surface area contributed by atoms with Crippen molar-refractivity contribution in [1.29, 1.82) is 0 Å². The Hall–Kier alpha value is -2.11. The summed E-state index contributed by atoms with van der Waals surface area (Å²) in [5, 5.41) is 5.36.